The Kier molecular flexibility index (Phi) is 2.37. The van der Waals surface area contributed by atoms with Crippen molar-refractivity contribution in [3.63, 3.8) is 0 Å². The first-order valence-corrected chi connectivity index (χ1v) is 6.08. The number of halogens is 2. The van der Waals surface area contributed by atoms with Crippen LogP contribution >= 0.6 is 31.9 Å². The molecule has 0 saturated carbocycles. The lowest BCUT2D eigenvalue weighted by Crippen LogP contribution is -2.48. The van der Waals surface area contributed by atoms with Gasteiger partial charge in [0.25, 0.3) is 0 Å². The van der Waals surface area contributed by atoms with Crippen molar-refractivity contribution in [3.8, 4) is 0 Å². The predicted molar refractivity (Wildman–Crippen MR) is 58.8 cm³/mol. The molecule has 2 heterocycles. The molecule has 0 aromatic rings. The highest BCUT2D eigenvalue weighted by Gasteiger charge is 2.54. The maximum absolute atomic E-state index is 5.50. The molecular formula is C8H12Br2N2O. The highest BCUT2D eigenvalue weighted by Crippen LogP contribution is 2.39. The summed E-state index contributed by atoms with van der Waals surface area (Å²) in [6.07, 6.45) is 0.251. The summed E-state index contributed by atoms with van der Waals surface area (Å²) in [6.45, 7) is 2.89. The SMILES string of the molecule is CC1=C(Br)N(C)C(C2(CBr)CO2)N1. The van der Waals surface area contributed by atoms with Gasteiger partial charge in [-0.15, -0.1) is 0 Å². The molecule has 0 amide bonds. The van der Waals surface area contributed by atoms with E-state index in [4.69, 9.17) is 4.74 Å². The van der Waals surface area contributed by atoms with Gasteiger partial charge in [-0.05, 0) is 22.9 Å². The zero-order chi connectivity index (χ0) is 9.64. The molecular weight excluding hydrogens is 300 g/mol. The van der Waals surface area contributed by atoms with Crippen LogP contribution in [0.2, 0.25) is 0 Å². The van der Waals surface area contributed by atoms with Crippen LogP contribution in [0, 0.1) is 0 Å². The summed E-state index contributed by atoms with van der Waals surface area (Å²) >= 11 is 7.02. The maximum atomic E-state index is 5.50. The van der Waals surface area contributed by atoms with Gasteiger partial charge in [0.2, 0.25) is 0 Å². The summed E-state index contributed by atoms with van der Waals surface area (Å²) in [5.74, 6) is 0. The van der Waals surface area contributed by atoms with Crippen LogP contribution < -0.4 is 5.32 Å². The second-order valence-corrected chi connectivity index (χ2v) is 4.87. The zero-order valence-electron chi connectivity index (χ0n) is 7.60. The average Bonchev–Trinajstić information content (AvgIpc) is 2.87. The number of nitrogens with zero attached hydrogens (tertiary/aromatic N) is 1. The molecule has 0 bridgehead atoms. The number of hydrogen-bond acceptors (Lipinski definition) is 3. The number of alkyl halides is 1. The lowest BCUT2D eigenvalue weighted by atomic mass is 10.1. The van der Waals surface area contributed by atoms with E-state index in [2.05, 4.69) is 56.0 Å². The molecule has 0 aliphatic carbocycles. The van der Waals surface area contributed by atoms with Gasteiger partial charge in [0.05, 0.1) is 6.61 Å². The van der Waals surface area contributed by atoms with E-state index in [1.165, 1.54) is 5.70 Å². The molecule has 1 fully saturated rings. The fraction of sp³-hybridized carbons (Fsp3) is 0.750. The summed E-state index contributed by atoms with van der Waals surface area (Å²) in [6, 6.07) is 0. The number of rotatable bonds is 2. The molecule has 1 N–H and O–H groups in total. The van der Waals surface area contributed by atoms with Crippen LogP contribution in [0.3, 0.4) is 0 Å². The van der Waals surface area contributed by atoms with Crippen molar-refractivity contribution in [1.82, 2.24) is 10.2 Å². The summed E-state index contributed by atoms with van der Waals surface area (Å²) in [4.78, 5) is 2.17. The van der Waals surface area contributed by atoms with Crippen molar-refractivity contribution in [2.24, 2.45) is 0 Å². The molecule has 0 radical (unpaired) electrons. The smallest absolute Gasteiger partial charge is 0.140 e. The standard InChI is InChI=1S/C8H12Br2N2O/c1-5-6(10)12(2)7(11-5)8(3-9)4-13-8/h7,11H,3-4H2,1-2H3. The zero-order valence-corrected chi connectivity index (χ0v) is 10.8. The van der Waals surface area contributed by atoms with Crippen molar-refractivity contribution in [2.75, 3.05) is 19.0 Å². The molecule has 3 nitrogen and oxygen atoms in total. The summed E-state index contributed by atoms with van der Waals surface area (Å²) in [5.41, 5.74) is 1.13. The van der Waals surface area contributed by atoms with E-state index in [1.54, 1.807) is 0 Å². The number of nitrogens with one attached hydrogen (secondary N) is 1. The first-order chi connectivity index (χ1) is 6.10. The van der Waals surface area contributed by atoms with E-state index in [0.29, 0.717) is 0 Å². The van der Waals surface area contributed by atoms with Gasteiger partial charge in [0.1, 0.15) is 16.4 Å². The molecule has 2 unspecified atom stereocenters. The Morgan fingerprint density at radius 3 is 2.69 bits per heavy atom. The monoisotopic (exact) mass is 310 g/mol. The van der Waals surface area contributed by atoms with Gasteiger partial charge in [-0.25, -0.2) is 0 Å². The van der Waals surface area contributed by atoms with Crippen LogP contribution in [-0.2, 0) is 4.74 Å². The first-order valence-electron chi connectivity index (χ1n) is 4.16. The highest BCUT2D eigenvalue weighted by molar-refractivity contribution is 9.11. The quantitative estimate of drug-likeness (QED) is 0.477. The molecule has 2 rings (SSSR count). The Morgan fingerprint density at radius 1 is 1.77 bits per heavy atom. The lowest BCUT2D eigenvalue weighted by Gasteiger charge is -2.27. The van der Waals surface area contributed by atoms with Crippen molar-refractivity contribution < 1.29 is 4.74 Å². The number of likely N-dealkylation sites (N-methyl/N-ethyl adjacent to an activating group) is 1. The normalized spacial score (nSPS) is 38.2. The van der Waals surface area contributed by atoms with Crippen LogP contribution in [0.1, 0.15) is 6.92 Å². The van der Waals surface area contributed by atoms with Crippen LogP contribution in [0.5, 0.6) is 0 Å². The van der Waals surface area contributed by atoms with Crippen molar-refractivity contribution in [1.29, 1.82) is 0 Å². The van der Waals surface area contributed by atoms with Crippen molar-refractivity contribution in [2.45, 2.75) is 18.7 Å². The molecule has 0 aromatic heterocycles. The van der Waals surface area contributed by atoms with Crippen LogP contribution in [0.15, 0.2) is 10.3 Å². The molecule has 2 aliphatic rings. The predicted octanol–water partition coefficient (Wildman–Crippen LogP) is 1.60. The van der Waals surface area contributed by atoms with Gasteiger partial charge in [-0.2, -0.15) is 0 Å². The van der Waals surface area contributed by atoms with E-state index >= 15 is 0 Å². The molecule has 0 aromatic carbocycles. The van der Waals surface area contributed by atoms with E-state index < -0.39 is 0 Å². The largest absolute Gasteiger partial charge is 0.364 e. The maximum Gasteiger partial charge on any atom is 0.140 e. The minimum absolute atomic E-state index is 0.0362. The van der Waals surface area contributed by atoms with E-state index in [1.807, 2.05) is 0 Å². The van der Waals surface area contributed by atoms with Crippen LogP contribution in [-0.4, -0.2) is 35.7 Å². The number of ether oxygens (including phenoxy) is 1. The molecule has 13 heavy (non-hydrogen) atoms. The Bertz CT molecular complexity index is 263. The average molecular weight is 312 g/mol. The Hall–Kier alpha value is 0.260. The lowest BCUT2D eigenvalue weighted by molar-refractivity contribution is 0.182. The second-order valence-electron chi connectivity index (χ2n) is 3.56. The van der Waals surface area contributed by atoms with Crippen LogP contribution in [0.4, 0.5) is 0 Å². The third kappa shape index (κ3) is 1.41. The summed E-state index contributed by atoms with van der Waals surface area (Å²) in [5, 5.41) is 4.28. The summed E-state index contributed by atoms with van der Waals surface area (Å²) < 4.78 is 6.62. The third-order valence-corrected chi connectivity index (χ3v) is 4.70. The number of allylic oxidation sites excluding steroid dienone is 1. The number of epoxide rings is 1. The van der Waals surface area contributed by atoms with Gasteiger partial charge in [0, 0.05) is 18.1 Å². The van der Waals surface area contributed by atoms with Gasteiger partial charge < -0.3 is 15.0 Å². The Balaban J connectivity index is 2.14. The molecule has 5 heteroatoms. The van der Waals surface area contributed by atoms with E-state index in [9.17, 15) is 0 Å². The van der Waals surface area contributed by atoms with Crippen molar-refractivity contribution in [3.05, 3.63) is 10.3 Å². The van der Waals surface area contributed by atoms with Crippen LogP contribution in [0.25, 0.3) is 0 Å². The molecule has 2 aliphatic heterocycles. The van der Waals surface area contributed by atoms with Crippen molar-refractivity contribution >= 4 is 31.9 Å². The fourth-order valence-corrected chi connectivity index (χ4v) is 2.57. The third-order valence-electron chi connectivity index (χ3n) is 2.60. The summed E-state index contributed by atoms with van der Waals surface area (Å²) in [7, 11) is 2.06. The molecule has 1 saturated heterocycles. The van der Waals surface area contributed by atoms with Gasteiger partial charge in [-0.3, -0.25) is 0 Å². The Labute approximate surface area is 94.8 Å². The molecule has 74 valence electrons. The minimum atomic E-state index is -0.0362. The molecule has 2 atom stereocenters. The second kappa shape index (κ2) is 3.14. The topological polar surface area (TPSA) is 27.8 Å². The number of hydrogen-bond donors (Lipinski definition) is 1. The van der Waals surface area contributed by atoms with Gasteiger partial charge in [-0.1, -0.05) is 15.9 Å². The van der Waals surface area contributed by atoms with E-state index in [0.717, 1.165) is 16.5 Å². The minimum Gasteiger partial charge on any atom is -0.364 e. The molecule has 0 spiro atoms. The van der Waals surface area contributed by atoms with E-state index in [-0.39, 0.29) is 11.8 Å². The van der Waals surface area contributed by atoms with Gasteiger partial charge in [0.15, 0.2) is 0 Å². The van der Waals surface area contributed by atoms with Gasteiger partial charge >= 0.3 is 0 Å². The fourth-order valence-electron chi connectivity index (χ4n) is 1.62. The highest BCUT2D eigenvalue weighted by atomic mass is 79.9. The Morgan fingerprint density at radius 2 is 2.38 bits per heavy atom. The first kappa shape index (κ1) is 9.80.